The van der Waals surface area contributed by atoms with Crippen LogP contribution in [0.4, 0.5) is 17.1 Å². The lowest BCUT2D eigenvalue weighted by Crippen LogP contribution is -2.30. The highest BCUT2D eigenvalue weighted by atomic mass is 16.6. The van der Waals surface area contributed by atoms with Gasteiger partial charge in [0.2, 0.25) is 0 Å². The van der Waals surface area contributed by atoms with Crippen LogP contribution in [0.2, 0.25) is 0 Å². The zero-order chi connectivity index (χ0) is 25.2. The van der Waals surface area contributed by atoms with Crippen molar-refractivity contribution in [3.8, 4) is 0 Å². The summed E-state index contributed by atoms with van der Waals surface area (Å²) in [5, 5.41) is 22.4. The van der Waals surface area contributed by atoms with E-state index in [-0.39, 0.29) is 16.8 Å². The molecule has 9 nitrogen and oxygen atoms in total. The first kappa shape index (κ1) is 23.2. The summed E-state index contributed by atoms with van der Waals surface area (Å²) in [6.45, 7) is 1.95. The molecule has 9 heteroatoms. The largest absolute Gasteiger partial charge is 0.507 e. The number of pyridine rings is 1. The highest BCUT2D eigenvalue weighted by molar-refractivity contribution is 6.51. The zero-order valence-corrected chi connectivity index (χ0v) is 19.4. The molecular formula is C27H24N4O5. The number of aromatic nitrogens is 1. The molecule has 2 aliphatic rings. The van der Waals surface area contributed by atoms with E-state index in [1.165, 1.54) is 35.6 Å². The number of nitrogens with zero attached hydrogens (tertiary/aromatic N) is 4. The lowest BCUT2D eigenvalue weighted by atomic mass is 9.95. The number of anilines is 2. The van der Waals surface area contributed by atoms with Gasteiger partial charge in [-0.3, -0.25) is 29.6 Å². The predicted molar refractivity (Wildman–Crippen MR) is 135 cm³/mol. The van der Waals surface area contributed by atoms with E-state index in [4.69, 9.17) is 0 Å². The van der Waals surface area contributed by atoms with Gasteiger partial charge in [0.05, 0.1) is 16.5 Å². The van der Waals surface area contributed by atoms with Crippen LogP contribution in [-0.2, 0) is 9.59 Å². The van der Waals surface area contributed by atoms with Crippen LogP contribution in [0.1, 0.15) is 36.4 Å². The van der Waals surface area contributed by atoms with E-state index in [0.717, 1.165) is 31.6 Å². The Morgan fingerprint density at radius 3 is 2.28 bits per heavy atom. The Labute approximate surface area is 207 Å². The second kappa shape index (κ2) is 9.61. The van der Waals surface area contributed by atoms with E-state index in [9.17, 15) is 24.8 Å². The molecule has 2 fully saturated rings. The molecule has 5 rings (SSSR count). The van der Waals surface area contributed by atoms with Crippen molar-refractivity contribution < 1.29 is 19.6 Å². The minimum atomic E-state index is -0.923. The van der Waals surface area contributed by atoms with Crippen LogP contribution in [0.25, 0.3) is 5.76 Å². The van der Waals surface area contributed by atoms with Gasteiger partial charge >= 0.3 is 0 Å². The number of amides is 1. The van der Waals surface area contributed by atoms with E-state index < -0.39 is 28.4 Å². The minimum Gasteiger partial charge on any atom is -0.507 e. The Hall–Kier alpha value is -4.53. The third-order valence-corrected chi connectivity index (χ3v) is 6.65. The molecule has 2 aromatic carbocycles. The molecule has 0 radical (unpaired) electrons. The molecule has 2 saturated heterocycles. The maximum absolute atomic E-state index is 13.3. The SMILES string of the molecule is O=C1C(=O)N(c2ccc(N3CCCCC3)cc2)C(c2ccncc2)/C1=C(/O)c1cccc([N+](=O)[O-])c1. The lowest BCUT2D eigenvalue weighted by molar-refractivity contribution is -0.384. The monoisotopic (exact) mass is 484 g/mol. The van der Waals surface area contributed by atoms with E-state index in [1.54, 1.807) is 36.7 Å². The fourth-order valence-electron chi connectivity index (χ4n) is 4.86. The molecule has 1 N–H and O–H groups in total. The number of hydrogen-bond donors (Lipinski definition) is 1. The van der Waals surface area contributed by atoms with Gasteiger partial charge in [0.15, 0.2) is 0 Å². The average molecular weight is 485 g/mol. The van der Waals surface area contributed by atoms with E-state index >= 15 is 0 Å². The van der Waals surface area contributed by atoms with Crippen LogP contribution in [0.3, 0.4) is 0 Å². The van der Waals surface area contributed by atoms with Gasteiger partial charge in [0, 0.05) is 54.6 Å². The van der Waals surface area contributed by atoms with Crippen molar-refractivity contribution in [2.45, 2.75) is 25.3 Å². The van der Waals surface area contributed by atoms with Crippen LogP contribution in [0.5, 0.6) is 0 Å². The van der Waals surface area contributed by atoms with Crippen LogP contribution in [0, 0.1) is 10.1 Å². The number of non-ortho nitro benzene ring substituents is 1. The molecule has 1 amide bonds. The molecule has 3 heterocycles. The fraction of sp³-hybridized carbons (Fsp3) is 0.222. The summed E-state index contributed by atoms with van der Waals surface area (Å²) in [6.07, 6.45) is 6.58. The van der Waals surface area contributed by atoms with E-state index in [1.807, 2.05) is 12.1 Å². The number of carbonyl (C=O) groups is 2. The van der Waals surface area contributed by atoms with Crippen LogP contribution >= 0.6 is 0 Å². The first-order valence-corrected chi connectivity index (χ1v) is 11.8. The quantitative estimate of drug-likeness (QED) is 0.185. The summed E-state index contributed by atoms with van der Waals surface area (Å²) < 4.78 is 0. The Bertz CT molecular complexity index is 1350. The Balaban J connectivity index is 1.60. The minimum absolute atomic E-state index is 0.0849. The van der Waals surface area contributed by atoms with Gasteiger partial charge < -0.3 is 10.0 Å². The summed E-state index contributed by atoms with van der Waals surface area (Å²) in [4.78, 5) is 44.9. The first-order valence-electron chi connectivity index (χ1n) is 11.8. The first-order chi connectivity index (χ1) is 17.5. The Kier molecular flexibility index (Phi) is 6.20. The molecule has 0 bridgehead atoms. The van der Waals surface area contributed by atoms with Crippen molar-refractivity contribution in [2.24, 2.45) is 0 Å². The van der Waals surface area contributed by atoms with Gasteiger partial charge in [-0.2, -0.15) is 0 Å². The zero-order valence-electron chi connectivity index (χ0n) is 19.4. The number of benzene rings is 2. The second-order valence-electron chi connectivity index (χ2n) is 8.82. The number of aliphatic hydroxyl groups excluding tert-OH is 1. The van der Waals surface area contributed by atoms with Gasteiger partial charge in [-0.1, -0.05) is 12.1 Å². The predicted octanol–water partition coefficient (Wildman–Crippen LogP) is 4.61. The number of rotatable bonds is 5. The van der Waals surface area contributed by atoms with Gasteiger partial charge in [0.1, 0.15) is 5.76 Å². The van der Waals surface area contributed by atoms with Crippen molar-refractivity contribution in [3.05, 3.63) is 99.9 Å². The maximum atomic E-state index is 13.3. The molecule has 0 aliphatic carbocycles. The van der Waals surface area contributed by atoms with Crippen molar-refractivity contribution >= 4 is 34.5 Å². The number of carbonyl (C=O) groups excluding carboxylic acids is 2. The molecule has 2 aliphatic heterocycles. The number of nitro benzene ring substituents is 1. The molecule has 3 aromatic rings. The molecule has 1 unspecified atom stereocenters. The van der Waals surface area contributed by atoms with E-state index in [2.05, 4.69) is 9.88 Å². The number of aliphatic hydroxyl groups is 1. The Morgan fingerprint density at radius 2 is 1.61 bits per heavy atom. The number of nitro groups is 1. The second-order valence-corrected chi connectivity index (χ2v) is 8.82. The molecule has 1 aromatic heterocycles. The van der Waals surface area contributed by atoms with Crippen molar-refractivity contribution in [2.75, 3.05) is 22.9 Å². The number of hydrogen-bond acceptors (Lipinski definition) is 7. The van der Waals surface area contributed by atoms with Gasteiger partial charge in [-0.15, -0.1) is 0 Å². The summed E-state index contributed by atoms with van der Waals surface area (Å²) in [5.41, 5.74) is 1.86. The normalized spacial score (nSPS) is 19.5. The highest BCUT2D eigenvalue weighted by Crippen LogP contribution is 2.42. The number of Topliss-reactive ketones (excluding diaryl/α,β-unsaturated/α-hetero) is 1. The highest BCUT2D eigenvalue weighted by Gasteiger charge is 2.47. The maximum Gasteiger partial charge on any atom is 0.300 e. The number of ketones is 1. The molecule has 1 atom stereocenters. The van der Waals surface area contributed by atoms with Crippen LogP contribution in [0.15, 0.2) is 78.6 Å². The summed E-state index contributed by atoms with van der Waals surface area (Å²) in [6, 6.07) is 15.3. The topological polar surface area (TPSA) is 117 Å². The molecular weight excluding hydrogens is 460 g/mol. The lowest BCUT2D eigenvalue weighted by Gasteiger charge is -2.30. The number of piperidine rings is 1. The van der Waals surface area contributed by atoms with Crippen LogP contribution in [-0.4, -0.2) is 39.8 Å². The van der Waals surface area contributed by atoms with E-state index in [0.29, 0.717) is 11.3 Å². The van der Waals surface area contributed by atoms with Gasteiger partial charge in [0.25, 0.3) is 17.4 Å². The van der Waals surface area contributed by atoms with Crippen molar-refractivity contribution in [1.29, 1.82) is 0 Å². The van der Waals surface area contributed by atoms with Crippen molar-refractivity contribution in [3.63, 3.8) is 0 Å². The summed E-state index contributed by atoms with van der Waals surface area (Å²) in [7, 11) is 0. The molecule has 182 valence electrons. The third-order valence-electron chi connectivity index (χ3n) is 6.65. The fourth-order valence-corrected chi connectivity index (χ4v) is 4.86. The van der Waals surface area contributed by atoms with Crippen molar-refractivity contribution in [1.82, 2.24) is 4.98 Å². The average Bonchev–Trinajstić information content (AvgIpc) is 3.19. The summed E-state index contributed by atoms with van der Waals surface area (Å²) >= 11 is 0. The van der Waals surface area contributed by atoms with Crippen LogP contribution < -0.4 is 9.80 Å². The smallest absolute Gasteiger partial charge is 0.300 e. The summed E-state index contributed by atoms with van der Waals surface area (Å²) in [5.74, 6) is -2.11. The standard InChI is InChI=1S/C27H24N4O5/c32-25(19-5-4-6-22(17-19)31(35)36)23-24(18-11-13-28-14-12-18)30(27(34)26(23)33)21-9-7-20(8-10-21)29-15-2-1-3-16-29/h4-14,17,24,32H,1-3,15-16H2/b25-23-. The molecule has 0 saturated carbocycles. The third kappa shape index (κ3) is 4.19. The Morgan fingerprint density at radius 1 is 0.944 bits per heavy atom. The van der Waals surface area contributed by atoms with Gasteiger partial charge in [-0.25, -0.2) is 0 Å². The molecule has 0 spiro atoms. The van der Waals surface area contributed by atoms with Gasteiger partial charge in [-0.05, 0) is 61.2 Å². The molecule has 36 heavy (non-hydrogen) atoms.